The van der Waals surface area contributed by atoms with Crippen molar-refractivity contribution in [1.29, 1.82) is 0 Å². The van der Waals surface area contributed by atoms with E-state index in [2.05, 4.69) is 20.3 Å². The molecular formula is C21H21N7O2. The molecule has 30 heavy (non-hydrogen) atoms. The first-order chi connectivity index (χ1) is 14.5. The second kappa shape index (κ2) is 6.97. The molecule has 2 unspecified atom stereocenters. The molecule has 1 aliphatic carbocycles. The lowest BCUT2D eigenvalue weighted by molar-refractivity contribution is 0.0327. The molecule has 0 saturated heterocycles. The summed E-state index contributed by atoms with van der Waals surface area (Å²) in [5.41, 5.74) is 14.6. The van der Waals surface area contributed by atoms with E-state index in [1.165, 1.54) is 6.33 Å². The minimum Gasteiger partial charge on any atom is -0.388 e. The van der Waals surface area contributed by atoms with E-state index in [1.54, 1.807) is 16.8 Å². The van der Waals surface area contributed by atoms with Crippen LogP contribution in [0.4, 0.5) is 17.3 Å². The maximum atomic E-state index is 10.6. The number of aliphatic hydroxyl groups is 2. The van der Waals surface area contributed by atoms with Crippen molar-refractivity contribution in [2.75, 3.05) is 23.3 Å². The van der Waals surface area contributed by atoms with Crippen molar-refractivity contribution in [1.82, 2.24) is 19.5 Å². The summed E-state index contributed by atoms with van der Waals surface area (Å²) < 4.78 is 1.80. The van der Waals surface area contributed by atoms with E-state index in [9.17, 15) is 10.2 Å². The van der Waals surface area contributed by atoms with Crippen molar-refractivity contribution in [3.63, 3.8) is 0 Å². The molecule has 0 aliphatic heterocycles. The van der Waals surface area contributed by atoms with Gasteiger partial charge >= 0.3 is 0 Å². The highest BCUT2D eigenvalue weighted by molar-refractivity contribution is 5.86. The van der Waals surface area contributed by atoms with Gasteiger partial charge in [-0.1, -0.05) is 12.1 Å². The Morgan fingerprint density at radius 1 is 1.07 bits per heavy atom. The monoisotopic (exact) mass is 403 g/mol. The first-order valence-corrected chi connectivity index (χ1v) is 9.55. The van der Waals surface area contributed by atoms with Gasteiger partial charge in [0.15, 0.2) is 0 Å². The molecule has 152 valence electrons. The molecule has 0 spiro atoms. The van der Waals surface area contributed by atoms with Crippen LogP contribution >= 0.6 is 0 Å². The van der Waals surface area contributed by atoms with Gasteiger partial charge in [-0.3, -0.25) is 0 Å². The second-order valence-corrected chi connectivity index (χ2v) is 7.38. The van der Waals surface area contributed by atoms with Gasteiger partial charge in [0, 0.05) is 23.8 Å². The minimum absolute atomic E-state index is 0.374. The predicted molar refractivity (Wildman–Crippen MR) is 116 cm³/mol. The number of pyridine rings is 1. The molecule has 0 radical (unpaired) electrons. The molecule has 0 fully saturated rings. The Balaban J connectivity index is 1.40. The quantitative estimate of drug-likeness (QED) is 0.322. The van der Waals surface area contributed by atoms with E-state index < -0.39 is 18.2 Å². The summed E-state index contributed by atoms with van der Waals surface area (Å²) in [6, 6.07) is 10.8. The fourth-order valence-electron chi connectivity index (χ4n) is 3.91. The van der Waals surface area contributed by atoms with Crippen molar-refractivity contribution in [2.45, 2.75) is 18.2 Å². The van der Waals surface area contributed by atoms with E-state index in [0.29, 0.717) is 34.8 Å². The number of hydrogen-bond acceptors (Lipinski definition) is 8. The molecule has 0 bridgehead atoms. The summed E-state index contributed by atoms with van der Waals surface area (Å²) in [6.07, 6.45) is 3.05. The Labute approximate surface area is 171 Å². The molecule has 0 amide bonds. The smallest absolute Gasteiger partial charge is 0.146 e. The summed E-state index contributed by atoms with van der Waals surface area (Å²) in [6.45, 7) is 0.374. The highest BCUT2D eigenvalue weighted by Gasteiger charge is 2.36. The van der Waals surface area contributed by atoms with Crippen LogP contribution in [0, 0.1) is 0 Å². The Morgan fingerprint density at radius 3 is 2.77 bits per heavy atom. The predicted octanol–water partition coefficient (Wildman–Crippen LogP) is 1.46. The van der Waals surface area contributed by atoms with Gasteiger partial charge in [-0.05, 0) is 35.9 Å². The van der Waals surface area contributed by atoms with Crippen LogP contribution in [0.15, 0.2) is 60.6 Å². The molecule has 0 saturated carbocycles. The summed E-state index contributed by atoms with van der Waals surface area (Å²) in [5.74, 6) is 0.839. The topological polar surface area (TPSA) is 148 Å². The zero-order valence-electron chi connectivity index (χ0n) is 16.0. The van der Waals surface area contributed by atoms with Crippen LogP contribution in [0.2, 0.25) is 0 Å². The number of rotatable bonds is 4. The summed E-state index contributed by atoms with van der Waals surface area (Å²) in [7, 11) is 0. The number of benzene rings is 1. The zero-order valence-corrected chi connectivity index (χ0v) is 16.0. The van der Waals surface area contributed by atoms with Gasteiger partial charge in [0.2, 0.25) is 0 Å². The van der Waals surface area contributed by atoms with E-state index in [-0.39, 0.29) is 0 Å². The van der Waals surface area contributed by atoms with Gasteiger partial charge < -0.3 is 31.6 Å². The van der Waals surface area contributed by atoms with Gasteiger partial charge in [-0.15, -0.1) is 0 Å². The number of fused-ring (bicyclic) bond motifs is 2. The van der Waals surface area contributed by atoms with E-state index >= 15 is 0 Å². The molecule has 9 nitrogen and oxygen atoms in total. The van der Waals surface area contributed by atoms with Gasteiger partial charge in [0.05, 0.1) is 16.9 Å². The van der Waals surface area contributed by atoms with Crippen LogP contribution in [0.25, 0.3) is 21.9 Å². The number of nitrogen functional groups attached to an aromatic ring is 2. The Hall–Kier alpha value is -3.69. The molecule has 3 heterocycles. The standard InChI is InChI=1S/C21H21N7O2/c22-17-4-2-11-1-3-13(8-15(11)27-17)24-9-12-7-16(19(30)18(12)29)28-6-5-14-20(23)25-10-26-21(14)28/h1-8,10,16,18-19,24,29-30H,9H2,(H2,22,27)(H2,23,25,26)/t16?,18?,19-/m1/s1. The molecule has 9 heteroatoms. The third kappa shape index (κ3) is 3.00. The number of aliphatic hydroxyl groups excluding tert-OH is 2. The summed E-state index contributed by atoms with van der Waals surface area (Å²) >= 11 is 0. The van der Waals surface area contributed by atoms with Crippen LogP contribution in [-0.4, -0.2) is 48.5 Å². The summed E-state index contributed by atoms with van der Waals surface area (Å²) in [5, 5.41) is 26.2. The third-order valence-corrected chi connectivity index (χ3v) is 5.51. The third-order valence-electron chi connectivity index (χ3n) is 5.51. The number of hydrogen-bond donors (Lipinski definition) is 5. The largest absolute Gasteiger partial charge is 0.388 e. The molecule has 3 aromatic heterocycles. The van der Waals surface area contributed by atoms with E-state index in [1.807, 2.05) is 36.4 Å². The van der Waals surface area contributed by atoms with Crippen molar-refractivity contribution < 1.29 is 10.2 Å². The number of aromatic nitrogens is 4. The lowest BCUT2D eigenvalue weighted by Crippen LogP contribution is -2.30. The SMILES string of the molecule is Nc1ccc2ccc(NCC3=CC(n4ccc5c(N)ncnc54)[C@@H](O)C3O)cc2n1. The maximum absolute atomic E-state index is 10.6. The molecule has 1 aliphatic rings. The average molecular weight is 403 g/mol. The van der Waals surface area contributed by atoms with Gasteiger partial charge in [0.25, 0.3) is 0 Å². The van der Waals surface area contributed by atoms with Gasteiger partial charge in [0.1, 0.15) is 35.8 Å². The lowest BCUT2D eigenvalue weighted by atomic mass is 10.1. The highest BCUT2D eigenvalue weighted by Crippen LogP contribution is 2.33. The van der Waals surface area contributed by atoms with Crippen LogP contribution in [0.1, 0.15) is 6.04 Å². The lowest BCUT2D eigenvalue weighted by Gasteiger charge is -2.19. The number of nitrogens with one attached hydrogen (secondary N) is 1. The fraction of sp³-hybridized carbons (Fsp3) is 0.190. The zero-order chi connectivity index (χ0) is 20.8. The maximum Gasteiger partial charge on any atom is 0.146 e. The first kappa shape index (κ1) is 18.3. The second-order valence-electron chi connectivity index (χ2n) is 7.38. The van der Waals surface area contributed by atoms with E-state index in [4.69, 9.17) is 11.5 Å². The number of nitrogens with two attached hydrogens (primary N) is 2. The number of anilines is 3. The van der Waals surface area contributed by atoms with Crippen LogP contribution in [-0.2, 0) is 0 Å². The number of nitrogens with zero attached hydrogens (tertiary/aromatic N) is 4. The Bertz CT molecular complexity index is 1280. The Kier molecular flexibility index (Phi) is 4.27. The normalized spacial score (nSPS) is 21.3. The van der Waals surface area contributed by atoms with Crippen molar-refractivity contribution in [3.05, 3.63) is 60.6 Å². The average Bonchev–Trinajstić information content (AvgIpc) is 3.29. The molecule has 7 N–H and O–H groups in total. The molecular weight excluding hydrogens is 382 g/mol. The molecule has 3 atom stereocenters. The van der Waals surface area contributed by atoms with Gasteiger partial charge in [-0.2, -0.15) is 0 Å². The van der Waals surface area contributed by atoms with Crippen molar-refractivity contribution in [3.8, 4) is 0 Å². The molecule has 5 rings (SSSR count). The van der Waals surface area contributed by atoms with Crippen LogP contribution in [0.3, 0.4) is 0 Å². The first-order valence-electron chi connectivity index (χ1n) is 9.55. The Morgan fingerprint density at radius 2 is 1.90 bits per heavy atom. The van der Waals surface area contributed by atoms with E-state index in [0.717, 1.165) is 16.6 Å². The minimum atomic E-state index is -0.994. The van der Waals surface area contributed by atoms with Gasteiger partial charge in [-0.25, -0.2) is 15.0 Å². The molecule has 4 aromatic rings. The van der Waals surface area contributed by atoms with Crippen molar-refractivity contribution in [2.24, 2.45) is 0 Å². The fourth-order valence-corrected chi connectivity index (χ4v) is 3.91. The van der Waals surface area contributed by atoms with Crippen LogP contribution in [0.5, 0.6) is 0 Å². The molecule has 1 aromatic carbocycles. The highest BCUT2D eigenvalue weighted by atomic mass is 16.3. The van der Waals surface area contributed by atoms with Crippen LogP contribution < -0.4 is 16.8 Å². The van der Waals surface area contributed by atoms with Crippen molar-refractivity contribution >= 4 is 39.3 Å². The summed E-state index contributed by atoms with van der Waals surface area (Å²) in [4.78, 5) is 12.6.